The van der Waals surface area contributed by atoms with Crippen molar-refractivity contribution in [3.8, 4) is 0 Å². The molecule has 1 aromatic carbocycles. The summed E-state index contributed by atoms with van der Waals surface area (Å²) in [5, 5.41) is 10.1. The van der Waals surface area contributed by atoms with Gasteiger partial charge in [-0.15, -0.1) is 16.8 Å². The van der Waals surface area contributed by atoms with Crippen LogP contribution in [0.2, 0.25) is 0 Å². The van der Waals surface area contributed by atoms with Gasteiger partial charge in [-0.05, 0) is 18.1 Å². The summed E-state index contributed by atoms with van der Waals surface area (Å²) >= 11 is 1.52. The van der Waals surface area contributed by atoms with Gasteiger partial charge < -0.3 is 9.64 Å². The van der Waals surface area contributed by atoms with Crippen LogP contribution in [0.15, 0.2) is 36.9 Å². The molecule has 1 atom stereocenters. The zero-order valence-electron chi connectivity index (χ0n) is 12.2. The highest BCUT2D eigenvalue weighted by Crippen LogP contribution is 2.27. The van der Waals surface area contributed by atoms with Crippen molar-refractivity contribution in [2.45, 2.75) is 18.9 Å². The number of hydrogen-bond donors (Lipinski definition) is 0. The minimum absolute atomic E-state index is 0.196. The number of aromatic nitrogens is 2. The Bertz CT molecular complexity index is 646. The normalized spacial score (nSPS) is 17.9. The summed E-state index contributed by atoms with van der Waals surface area (Å²) in [6, 6.07) is 6.78. The first kappa shape index (κ1) is 15.1. The molecule has 1 saturated heterocycles. The summed E-state index contributed by atoms with van der Waals surface area (Å²) in [4.78, 5) is 2.18. The number of hydrogen-bond acceptors (Lipinski definition) is 5. The molecule has 6 heteroatoms. The van der Waals surface area contributed by atoms with Crippen molar-refractivity contribution in [2.75, 3.05) is 24.6 Å². The van der Waals surface area contributed by atoms with Crippen molar-refractivity contribution < 1.29 is 9.13 Å². The first-order chi connectivity index (χ1) is 10.8. The molecule has 1 aliphatic rings. The molecule has 1 aliphatic heterocycles. The van der Waals surface area contributed by atoms with Crippen LogP contribution in [0.4, 0.5) is 9.52 Å². The molecule has 2 heterocycles. The van der Waals surface area contributed by atoms with Gasteiger partial charge in [-0.3, -0.25) is 0 Å². The second-order valence-corrected chi connectivity index (χ2v) is 6.27. The van der Waals surface area contributed by atoms with Gasteiger partial charge in [-0.2, -0.15) is 0 Å². The molecular weight excluding hydrogens is 301 g/mol. The van der Waals surface area contributed by atoms with Crippen LogP contribution >= 0.6 is 11.3 Å². The summed E-state index contributed by atoms with van der Waals surface area (Å²) in [5.41, 5.74) is 0.652. The fourth-order valence-electron chi connectivity index (χ4n) is 2.49. The number of rotatable bonds is 6. The van der Waals surface area contributed by atoms with E-state index in [9.17, 15) is 4.39 Å². The third kappa shape index (κ3) is 3.51. The van der Waals surface area contributed by atoms with Crippen LogP contribution in [0.25, 0.3) is 0 Å². The molecule has 3 rings (SSSR count). The third-order valence-electron chi connectivity index (χ3n) is 3.62. The van der Waals surface area contributed by atoms with Gasteiger partial charge in [0.25, 0.3) is 0 Å². The van der Waals surface area contributed by atoms with Gasteiger partial charge in [0.2, 0.25) is 5.13 Å². The molecule has 0 amide bonds. The summed E-state index contributed by atoms with van der Waals surface area (Å²) in [6.07, 6.45) is 3.45. The van der Waals surface area contributed by atoms with Gasteiger partial charge in [-0.25, -0.2) is 4.39 Å². The highest BCUT2D eigenvalue weighted by molar-refractivity contribution is 7.15. The predicted octanol–water partition coefficient (Wildman–Crippen LogP) is 3.05. The third-order valence-corrected chi connectivity index (χ3v) is 4.61. The Hall–Kier alpha value is -1.79. The molecule has 0 radical (unpaired) electrons. The standard InChI is InChI=1S/C16H18FN3OS/c1-2-9-21-13-7-8-20(11-13)16-19-18-15(22-16)10-12-5-3-4-6-14(12)17/h2-6,13H,1,7-11H2. The monoisotopic (exact) mass is 319 g/mol. The minimum Gasteiger partial charge on any atom is -0.372 e. The van der Waals surface area contributed by atoms with E-state index >= 15 is 0 Å². The molecule has 0 N–H and O–H groups in total. The second-order valence-electron chi connectivity index (χ2n) is 5.23. The van der Waals surface area contributed by atoms with Crippen LogP contribution in [0, 0.1) is 5.82 Å². The van der Waals surface area contributed by atoms with E-state index in [1.54, 1.807) is 18.2 Å². The lowest BCUT2D eigenvalue weighted by molar-refractivity contribution is 0.0909. The Labute approximate surface area is 133 Å². The Morgan fingerprint density at radius 3 is 3.09 bits per heavy atom. The van der Waals surface area contributed by atoms with E-state index in [0.29, 0.717) is 18.6 Å². The van der Waals surface area contributed by atoms with Gasteiger partial charge in [0.1, 0.15) is 10.8 Å². The van der Waals surface area contributed by atoms with Crippen molar-refractivity contribution in [2.24, 2.45) is 0 Å². The van der Waals surface area contributed by atoms with Crippen LogP contribution < -0.4 is 4.90 Å². The molecule has 116 valence electrons. The van der Waals surface area contributed by atoms with E-state index in [1.165, 1.54) is 17.4 Å². The van der Waals surface area contributed by atoms with Crippen LogP contribution in [0.3, 0.4) is 0 Å². The lowest BCUT2D eigenvalue weighted by Crippen LogP contribution is -2.22. The number of anilines is 1. The van der Waals surface area contributed by atoms with Gasteiger partial charge in [0.15, 0.2) is 0 Å². The molecule has 0 bridgehead atoms. The average molecular weight is 319 g/mol. The summed E-state index contributed by atoms with van der Waals surface area (Å²) in [7, 11) is 0. The maximum absolute atomic E-state index is 13.7. The topological polar surface area (TPSA) is 38.2 Å². The van der Waals surface area contributed by atoms with E-state index in [0.717, 1.165) is 29.6 Å². The molecule has 2 aromatic rings. The first-order valence-corrected chi connectivity index (χ1v) is 8.11. The van der Waals surface area contributed by atoms with Gasteiger partial charge >= 0.3 is 0 Å². The molecule has 0 aliphatic carbocycles. The number of benzene rings is 1. The number of nitrogens with zero attached hydrogens (tertiary/aromatic N) is 3. The zero-order chi connectivity index (χ0) is 15.4. The van der Waals surface area contributed by atoms with Gasteiger partial charge in [0.05, 0.1) is 12.7 Å². The molecule has 1 unspecified atom stereocenters. The maximum atomic E-state index is 13.7. The molecule has 1 fully saturated rings. The Kier molecular flexibility index (Phi) is 4.80. The van der Waals surface area contributed by atoms with Crippen LogP contribution in [0.1, 0.15) is 17.0 Å². The molecule has 0 spiro atoms. The average Bonchev–Trinajstić information content (AvgIpc) is 3.16. The first-order valence-electron chi connectivity index (χ1n) is 7.29. The molecule has 1 aromatic heterocycles. The van der Waals surface area contributed by atoms with E-state index in [2.05, 4.69) is 21.7 Å². The molecule has 4 nitrogen and oxygen atoms in total. The van der Waals surface area contributed by atoms with Crippen LogP contribution in [-0.4, -0.2) is 36.0 Å². The second kappa shape index (κ2) is 6.98. The summed E-state index contributed by atoms with van der Waals surface area (Å²) < 4.78 is 19.3. The Morgan fingerprint density at radius 1 is 1.41 bits per heavy atom. The lowest BCUT2D eigenvalue weighted by Gasteiger charge is -2.13. The van der Waals surface area contributed by atoms with E-state index in [-0.39, 0.29) is 11.9 Å². The summed E-state index contributed by atoms with van der Waals surface area (Å²) in [5.74, 6) is -0.196. The van der Waals surface area contributed by atoms with Gasteiger partial charge in [-0.1, -0.05) is 35.6 Å². The van der Waals surface area contributed by atoms with E-state index in [4.69, 9.17) is 4.74 Å². The zero-order valence-corrected chi connectivity index (χ0v) is 13.1. The van der Waals surface area contributed by atoms with Crippen LogP contribution in [-0.2, 0) is 11.2 Å². The molecule has 22 heavy (non-hydrogen) atoms. The van der Waals surface area contributed by atoms with Crippen molar-refractivity contribution in [3.05, 3.63) is 53.3 Å². The quantitative estimate of drug-likeness (QED) is 0.767. The van der Waals surface area contributed by atoms with Crippen molar-refractivity contribution in [1.29, 1.82) is 0 Å². The highest BCUT2D eigenvalue weighted by Gasteiger charge is 2.25. The summed E-state index contributed by atoms with van der Waals surface area (Å²) in [6.45, 7) is 5.97. The lowest BCUT2D eigenvalue weighted by atomic mass is 10.1. The minimum atomic E-state index is -0.196. The predicted molar refractivity (Wildman–Crippen MR) is 85.9 cm³/mol. The maximum Gasteiger partial charge on any atom is 0.208 e. The number of halogens is 1. The van der Waals surface area contributed by atoms with Crippen molar-refractivity contribution in [3.63, 3.8) is 0 Å². The molecule has 0 saturated carbocycles. The highest BCUT2D eigenvalue weighted by atomic mass is 32.1. The smallest absolute Gasteiger partial charge is 0.208 e. The Morgan fingerprint density at radius 2 is 2.27 bits per heavy atom. The largest absolute Gasteiger partial charge is 0.372 e. The van der Waals surface area contributed by atoms with Crippen molar-refractivity contribution >= 4 is 16.5 Å². The van der Waals surface area contributed by atoms with E-state index in [1.807, 2.05) is 6.07 Å². The van der Waals surface area contributed by atoms with Gasteiger partial charge in [0, 0.05) is 19.5 Å². The van der Waals surface area contributed by atoms with E-state index < -0.39 is 0 Å². The number of ether oxygens (including phenoxy) is 1. The molecular formula is C16H18FN3OS. The fourth-order valence-corrected chi connectivity index (χ4v) is 3.39. The van der Waals surface area contributed by atoms with Crippen LogP contribution in [0.5, 0.6) is 0 Å². The SMILES string of the molecule is C=CCOC1CCN(c2nnc(Cc3ccccc3F)s2)C1. The van der Waals surface area contributed by atoms with Crippen molar-refractivity contribution in [1.82, 2.24) is 10.2 Å². The Balaban J connectivity index is 1.62. The fraction of sp³-hybridized carbons (Fsp3) is 0.375.